The highest BCUT2D eigenvalue weighted by atomic mass is 32.2. The van der Waals surface area contributed by atoms with Gasteiger partial charge in [0.1, 0.15) is 5.82 Å². The smallest absolute Gasteiger partial charge is 0.208 e. The molecule has 0 radical (unpaired) electrons. The first-order valence-electron chi connectivity index (χ1n) is 4.16. The molecule has 0 aliphatic rings. The van der Waals surface area contributed by atoms with Gasteiger partial charge < -0.3 is 0 Å². The third-order valence-corrected chi connectivity index (χ3v) is 2.42. The third kappa shape index (κ3) is 4.34. The average molecular weight is 217 g/mol. The molecule has 0 atom stereocenters. The largest absolute Gasteiger partial charge is 0.215 e. The molecule has 1 aromatic rings. The molecule has 3 nitrogen and oxygen atoms in total. The van der Waals surface area contributed by atoms with Crippen LogP contribution in [0.4, 0.5) is 4.39 Å². The maximum Gasteiger partial charge on any atom is 0.208 e. The van der Waals surface area contributed by atoms with Crippen molar-refractivity contribution in [3.8, 4) is 0 Å². The Balaban J connectivity index is 2.43. The highest BCUT2D eigenvalue weighted by molar-refractivity contribution is 7.88. The number of hydrogen-bond donors (Lipinski definition) is 1. The van der Waals surface area contributed by atoms with E-state index >= 15 is 0 Å². The lowest BCUT2D eigenvalue weighted by Gasteiger charge is -2.02. The van der Waals surface area contributed by atoms with Crippen molar-refractivity contribution in [2.24, 2.45) is 0 Å². The Morgan fingerprint density at radius 2 is 1.86 bits per heavy atom. The van der Waals surface area contributed by atoms with Crippen LogP contribution in [0.1, 0.15) is 5.56 Å². The molecule has 0 unspecified atom stereocenters. The van der Waals surface area contributed by atoms with Gasteiger partial charge in [0.25, 0.3) is 0 Å². The monoisotopic (exact) mass is 217 g/mol. The van der Waals surface area contributed by atoms with Crippen molar-refractivity contribution < 1.29 is 12.8 Å². The summed E-state index contributed by atoms with van der Waals surface area (Å²) in [4.78, 5) is 0. The summed E-state index contributed by atoms with van der Waals surface area (Å²) in [6.45, 7) is 0.338. The average Bonchev–Trinajstić information content (AvgIpc) is 2.06. The summed E-state index contributed by atoms with van der Waals surface area (Å²) in [6, 6.07) is 5.99. The summed E-state index contributed by atoms with van der Waals surface area (Å²) < 4.78 is 36.3. The minimum atomic E-state index is -3.13. The summed E-state index contributed by atoms with van der Waals surface area (Å²) in [6.07, 6.45) is 1.67. The second-order valence-corrected chi connectivity index (χ2v) is 4.88. The number of benzene rings is 1. The minimum Gasteiger partial charge on any atom is -0.215 e. The molecule has 0 bridgehead atoms. The molecule has 0 aliphatic carbocycles. The fraction of sp³-hybridized carbons (Fsp3) is 0.333. The molecule has 0 aliphatic heterocycles. The first-order chi connectivity index (χ1) is 6.47. The van der Waals surface area contributed by atoms with Crippen LogP contribution in [0.5, 0.6) is 0 Å². The van der Waals surface area contributed by atoms with E-state index in [1.807, 2.05) is 0 Å². The molecule has 1 N–H and O–H groups in total. The van der Waals surface area contributed by atoms with Crippen LogP contribution in [-0.2, 0) is 16.4 Å². The summed E-state index contributed by atoms with van der Waals surface area (Å²) in [5, 5.41) is 0. The molecule has 1 rings (SSSR count). The second kappa shape index (κ2) is 4.52. The fourth-order valence-corrected chi connectivity index (χ4v) is 1.50. The number of halogens is 1. The van der Waals surface area contributed by atoms with E-state index in [-0.39, 0.29) is 5.82 Å². The van der Waals surface area contributed by atoms with Crippen LogP contribution in [0.3, 0.4) is 0 Å². The van der Waals surface area contributed by atoms with E-state index in [2.05, 4.69) is 4.72 Å². The summed E-state index contributed by atoms with van der Waals surface area (Å²) in [5.74, 6) is -0.287. The van der Waals surface area contributed by atoms with E-state index in [4.69, 9.17) is 0 Å². The van der Waals surface area contributed by atoms with Crippen LogP contribution < -0.4 is 4.72 Å². The Morgan fingerprint density at radius 3 is 2.36 bits per heavy atom. The SMILES string of the molecule is CS(=O)(=O)NCCc1ccc(F)cc1. The molecule has 5 heteroatoms. The van der Waals surface area contributed by atoms with Crippen LogP contribution >= 0.6 is 0 Å². The number of hydrogen-bond acceptors (Lipinski definition) is 2. The van der Waals surface area contributed by atoms with Gasteiger partial charge in [0.15, 0.2) is 0 Å². The van der Waals surface area contributed by atoms with Crippen molar-refractivity contribution in [2.75, 3.05) is 12.8 Å². The van der Waals surface area contributed by atoms with Crippen molar-refractivity contribution in [3.05, 3.63) is 35.6 Å². The van der Waals surface area contributed by atoms with Crippen LogP contribution in [-0.4, -0.2) is 21.2 Å². The Kier molecular flexibility index (Phi) is 3.60. The zero-order valence-electron chi connectivity index (χ0n) is 7.83. The normalized spacial score (nSPS) is 11.6. The molecule has 14 heavy (non-hydrogen) atoms. The highest BCUT2D eigenvalue weighted by Crippen LogP contribution is 2.02. The van der Waals surface area contributed by atoms with Gasteiger partial charge in [0, 0.05) is 6.54 Å². The van der Waals surface area contributed by atoms with Gasteiger partial charge in [-0.1, -0.05) is 12.1 Å². The van der Waals surface area contributed by atoms with E-state index in [9.17, 15) is 12.8 Å². The van der Waals surface area contributed by atoms with Crippen LogP contribution in [0.25, 0.3) is 0 Å². The standard InChI is InChI=1S/C9H12FNO2S/c1-14(12,13)11-7-6-8-2-4-9(10)5-3-8/h2-5,11H,6-7H2,1H3. The Bertz CT molecular complexity index is 386. The Hall–Kier alpha value is -0.940. The lowest BCUT2D eigenvalue weighted by molar-refractivity contribution is 0.587. The zero-order valence-corrected chi connectivity index (χ0v) is 8.64. The lowest BCUT2D eigenvalue weighted by atomic mass is 10.1. The van der Waals surface area contributed by atoms with E-state index in [0.29, 0.717) is 13.0 Å². The van der Waals surface area contributed by atoms with Gasteiger partial charge in [0.05, 0.1) is 6.26 Å². The fourth-order valence-electron chi connectivity index (χ4n) is 1.03. The maximum atomic E-state index is 12.5. The number of nitrogens with one attached hydrogen (secondary N) is 1. The van der Waals surface area contributed by atoms with Crippen LogP contribution in [0.15, 0.2) is 24.3 Å². The topological polar surface area (TPSA) is 46.2 Å². The van der Waals surface area contributed by atoms with Gasteiger partial charge >= 0.3 is 0 Å². The van der Waals surface area contributed by atoms with Gasteiger partial charge in [-0.25, -0.2) is 17.5 Å². The van der Waals surface area contributed by atoms with Crippen molar-refractivity contribution in [1.82, 2.24) is 4.72 Å². The zero-order chi connectivity index (χ0) is 10.6. The molecule has 0 amide bonds. The molecule has 78 valence electrons. The minimum absolute atomic E-state index is 0.287. The Labute approximate surface area is 83.0 Å². The molecule has 1 aromatic carbocycles. The molecule has 0 fully saturated rings. The summed E-state index contributed by atoms with van der Waals surface area (Å²) in [7, 11) is -3.13. The van der Waals surface area contributed by atoms with Gasteiger partial charge in [-0.15, -0.1) is 0 Å². The third-order valence-electron chi connectivity index (χ3n) is 1.69. The summed E-state index contributed by atoms with van der Waals surface area (Å²) in [5.41, 5.74) is 0.905. The lowest BCUT2D eigenvalue weighted by Crippen LogP contribution is -2.24. The second-order valence-electron chi connectivity index (χ2n) is 3.04. The molecule has 0 aromatic heterocycles. The van der Waals surface area contributed by atoms with Gasteiger partial charge in [-0.2, -0.15) is 0 Å². The predicted octanol–water partition coefficient (Wildman–Crippen LogP) is 0.917. The number of rotatable bonds is 4. The molecule has 0 saturated heterocycles. The van der Waals surface area contributed by atoms with Crippen molar-refractivity contribution in [3.63, 3.8) is 0 Å². The number of sulfonamides is 1. The summed E-state index contributed by atoms with van der Waals surface area (Å²) >= 11 is 0. The van der Waals surface area contributed by atoms with Crippen molar-refractivity contribution in [2.45, 2.75) is 6.42 Å². The van der Waals surface area contributed by atoms with E-state index < -0.39 is 10.0 Å². The van der Waals surface area contributed by atoms with E-state index in [0.717, 1.165) is 11.8 Å². The maximum absolute atomic E-state index is 12.5. The quantitative estimate of drug-likeness (QED) is 0.815. The molecular weight excluding hydrogens is 205 g/mol. The van der Waals surface area contributed by atoms with Crippen molar-refractivity contribution in [1.29, 1.82) is 0 Å². The van der Waals surface area contributed by atoms with Gasteiger partial charge in [0.2, 0.25) is 10.0 Å². The highest BCUT2D eigenvalue weighted by Gasteiger charge is 1.99. The first kappa shape index (κ1) is 11.1. The molecule has 0 saturated carbocycles. The van der Waals surface area contributed by atoms with Gasteiger partial charge in [-0.3, -0.25) is 0 Å². The molecular formula is C9H12FNO2S. The predicted molar refractivity (Wildman–Crippen MR) is 53.0 cm³/mol. The van der Waals surface area contributed by atoms with Crippen molar-refractivity contribution >= 4 is 10.0 Å². The van der Waals surface area contributed by atoms with E-state index in [1.54, 1.807) is 12.1 Å². The molecule has 0 spiro atoms. The Morgan fingerprint density at radius 1 is 1.29 bits per heavy atom. The van der Waals surface area contributed by atoms with E-state index in [1.165, 1.54) is 12.1 Å². The van der Waals surface area contributed by atoms with Gasteiger partial charge in [-0.05, 0) is 24.1 Å². The molecule has 0 heterocycles. The van der Waals surface area contributed by atoms with Crippen LogP contribution in [0.2, 0.25) is 0 Å². The first-order valence-corrected chi connectivity index (χ1v) is 6.05. The van der Waals surface area contributed by atoms with Crippen LogP contribution in [0, 0.1) is 5.82 Å².